The normalized spacial score (nSPS) is 12.3. The van der Waals surface area contributed by atoms with Crippen LogP contribution in [-0.2, 0) is 24.3 Å². The summed E-state index contributed by atoms with van der Waals surface area (Å²) in [7, 11) is -4.06. The summed E-state index contributed by atoms with van der Waals surface area (Å²) in [4.78, 5) is 24.0. The van der Waals surface area contributed by atoms with Gasteiger partial charge in [0, 0.05) is 10.2 Å². The molecule has 0 aliphatic heterocycles. The van der Waals surface area contributed by atoms with E-state index in [1.165, 1.54) is 24.3 Å². The van der Waals surface area contributed by atoms with Crippen LogP contribution in [0.3, 0.4) is 0 Å². The van der Waals surface area contributed by atoms with Crippen LogP contribution in [0, 0.1) is 13.8 Å². The molecule has 0 heterocycles. The molecule has 1 unspecified atom stereocenters. The molecule has 0 radical (unpaired) electrons. The number of hydrogen-bond donors (Lipinski definition) is 3. The van der Waals surface area contributed by atoms with E-state index in [0.717, 1.165) is 11.1 Å². The Hall–Kier alpha value is -2.27. The van der Waals surface area contributed by atoms with E-state index >= 15 is 0 Å². The average Bonchev–Trinajstić information content (AvgIpc) is 2.67. The van der Waals surface area contributed by atoms with Crippen LogP contribution in [-0.4, -0.2) is 44.7 Å². The van der Waals surface area contributed by atoms with Gasteiger partial charge in [0.2, 0.25) is 10.0 Å². The number of ether oxygens (including phenoxy) is 1. The Kier molecular flexibility index (Phi) is 7.91. The molecule has 8 nitrogen and oxygen atoms in total. The largest absolute Gasteiger partial charge is 0.454 e. The second-order valence-electron chi connectivity index (χ2n) is 6.27. The van der Waals surface area contributed by atoms with Gasteiger partial charge in [-0.3, -0.25) is 9.59 Å². The molecule has 0 saturated heterocycles. The molecule has 0 aliphatic carbocycles. The van der Waals surface area contributed by atoms with E-state index in [1.54, 1.807) is 12.1 Å². The first-order valence-electron chi connectivity index (χ1n) is 8.55. The van der Waals surface area contributed by atoms with Gasteiger partial charge in [-0.05, 0) is 61.4 Å². The van der Waals surface area contributed by atoms with Gasteiger partial charge in [0.15, 0.2) is 6.61 Å². The maximum Gasteiger partial charge on any atom is 0.327 e. The molecule has 29 heavy (non-hydrogen) atoms. The minimum absolute atomic E-state index is 0.0839. The summed E-state index contributed by atoms with van der Waals surface area (Å²) in [6, 6.07) is 9.51. The van der Waals surface area contributed by atoms with Crippen LogP contribution >= 0.6 is 15.9 Å². The maximum atomic E-state index is 12.3. The molecule has 2 aromatic rings. The predicted molar refractivity (Wildman–Crippen MR) is 111 cm³/mol. The molecule has 0 aromatic heterocycles. The molecule has 2 rings (SSSR count). The van der Waals surface area contributed by atoms with Crippen LogP contribution in [0.25, 0.3) is 0 Å². The summed E-state index contributed by atoms with van der Waals surface area (Å²) in [5, 5.41) is 12.0. The van der Waals surface area contributed by atoms with Gasteiger partial charge in [-0.2, -0.15) is 4.72 Å². The van der Waals surface area contributed by atoms with Crippen molar-refractivity contribution in [3.05, 3.63) is 58.1 Å². The summed E-state index contributed by atoms with van der Waals surface area (Å²) in [6.07, 6.45) is 0. The Morgan fingerprint density at radius 3 is 2.34 bits per heavy atom. The predicted octanol–water partition coefficient (Wildman–Crippen LogP) is 1.89. The number of carbonyl (C=O) groups is 2. The van der Waals surface area contributed by atoms with E-state index in [-0.39, 0.29) is 4.90 Å². The second kappa shape index (κ2) is 9.97. The summed E-state index contributed by atoms with van der Waals surface area (Å²) < 4.78 is 32.3. The SMILES string of the molecule is Cc1ccc(NC(=O)COC(=O)C(CO)NS(=O)(=O)c2ccc(Br)cc2)cc1C. The van der Waals surface area contributed by atoms with Crippen molar-refractivity contribution in [1.82, 2.24) is 4.72 Å². The van der Waals surface area contributed by atoms with Crippen LogP contribution in [0.4, 0.5) is 5.69 Å². The molecule has 1 amide bonds. The van der Waals surface area contributed by atoms with Gasteiger partial charge in [0.1, 0.15) is 6.04 Å². The van der Waals surface area contributed by atoms with Gasteiger partial charge in [0.05, 0.1) is 11.5 Å². The Morgan fingerprint density at radius 2 is 1.76 bits per heavy atom. The third kappa shape index (κ3) is 6.64. The monoisotopic (exact) mass is 484 g/mol. The standard InChI is InChI=1S/C19H21BrN2O6S/c1-12-3-6-15(9-13(12)2)21-18(24)11-28-19(25)17(10-23)22-29(26,27)16-7-4-14(20)5-8-16/h3-9,17,22-23H,10-11H2,1-2H3,(H,21,24). The van der Waals surface area contributed by atoms with Gasteiger partial charge >= 0.3 is 5.97 Å². The first kappa shape index (κ1) is 23.0. The quantitative estimate of drug-likeness (QED) is 0.491. The van der Waals surface area contributed by atoms with Gasteiger partial charge in [-0.15, -0.1) is 0 Å². The topological polar surface area (TPSA) is 122 Å². The molecule has 1 atom stereocenters. The van der Waals surface area contributed by atoms with Gasteiger partial charge in [-0.1, -0.05) is 22.0 Å². The van der Waals surface area contributed by atoms with Gasteiger partial charge in [0.25, 0.3) is 5.91 Å². The Balaban J connectivity index is 1.94. The third-order valence-corrected chi connectivity index (χ3v) is 6.04. The van der Waals surface area contributed by atoms with E-state index in [1.807, 2.05) is 19.9 Å². The number of aryl methyl sites for hydroxylation is 2. The lowest BCUT2D eigenvalue weighted by molar-refractivity contribution is -0.149. The van der Waals surface area contributed by atoms with Crippen molar-refractivity contribution < 1.29 is 27.9 Å². The number of esters is 1. The van der Waals surface area contributed by atoms with E-state index in [9.17, 15) is 23.1 Å². The fourth-order valence-electron chi connectivity index (χ4n) is 2.28. The molecule has 0 saturated carbocycles. The highest BCUT2D eigenvalue weighted by atomic mass is 79.9. The van der Waals surface area contributed by atoms with Crippen molar-refractivity contribution in [2.45, 2.75) is 24.8 Å². The highest BCUT2D eigenvalue weighted by molar-refractivity contribution is 9.10. The molecule has 3 N–H and O–H groups in total. The van der Waals surface area contributed by atoms with E-state index < -0.39 is 41.2 Å². The number of carbonyl (C=O) groups excluding carboxylic acids is 2. The highest BCUT2D eigenvalue weighted by Gasteiger charge is 2.27. The fourth-order valence-corrected chi connectivity index (χ4v) is 3.72. The molecule has 10 heteroatoms. The van der Waals surface area contributed by atoms with Crippen molar-refractivity contribution in [1.29, 1.82) is 0 Å². The summed E-state index contributed by atoms with van der Waals surface area (Å²) in [5.41, 5.74) is 2.60. The van der Waals surface area contributed by atoms with Crippen LogP contribution in [0.2, 0.25) is 0 Å². The first-order chi connectivity index (χ1) is 13.6. The molecule has 0 spiro atoms. The number of aliphatic hydroxyl groups excluding tert-OH is 1. The molecule has 0 bridgehead atoms. The number of benzene rings is 2. The number of halogens is 1. The van der Waals surface area contributed by atoms with Crippen LogP contribution in [0.1, 0.15) is 11.1 Å². The lowest BCUT2D eigenvalue weighted by atomic mass is 10.1. The zero-order chi connectivity index (χ0) is 21.6. The summed E-state index contributed by atoms with van der Waals surface area (Å²) in [6.45, 7) is 2.39. The molecule has 0 aliphatic rings. The zero-order valence-corrected chi connectivity index (χ0v) is 18.2. The molecular weight excluding hydrogens is 464 g/mol. The van der Waals surface area contributed by atoms with Crippen LogP contribution < -0.4 is 10.0 Å². The van der Waals surface area contributed by atoms with Crippen molar-refractivity contribution in [2.24, 2.45) is 0 Å². The zero-order valence-electron chi connectivity index (χ0n) is 15.8. The lowest BCUT2D eigenvalue weighted by Crippen LogP contribution is -2.44. The Morgan fingerprint density at radius 1 is 1.10 bits per heavy atom. The highest BCUT2D eigenvalue weighted by Crippen LogP contribution is 2.15. The van der Waals surface area contributed by atoms with Crippen LogP contribution in [0.15, 0.2) is 51.8 Å². The number of aliphatic hydroxyl groups is 1. The van der Waals surface area contributed by atoms with E-state index in [4.69, 9.17) is 4.74 Å². The van der Waals surface area contributed by atoms with E-state index in [0.29, 0.717) is 10.2 Å². The molecule has 2 aromatic carbocycles. The van der Waals surface area contributed by atoms with Crippen molar-refractivity contribution in [3.8, 4) is 0 Å². The van der Waals surface area contributed by atoms with Crippen LogP contribution in [0.5, 0.6) is 0 Å². The minimum atomic E-state index is -4.06. The van der Waals surface area contributed by atoms with Crippen molar-refractivity contribution in [2.75, 3.05) is 18.5 Å². The van der Waals surface area contributed by atoms with Gasteiger partial charge in [-0.25, -0.2) is 8.42 Å². The van der Waals surface area contributed by atoms with E-state index in [2.05, 4.69) is 26.0 Å². The minimum Gasteiger partial charge on any atom is -0.454 e. The first-order valence-corrected chi connectivity index (χ1v) is 10.8. The number of rotatable bonds is 8. The lowest BCUT2D eigenvalue weighted by Gasteiger charge is -2.16. The van der Waals surface area contributed by atoms with Crippen molar-refractivity contribution >= 4 is 43.5 Å². The maximum absolute atomic E-state index is 12.3. The molecule has 0 fully saturated rings. The number of hydrogen-bond acceptors (Lipinski definition) is 6. The number of amides is 1. The fraction of sp³-hybridized carbons (Fsp3) is 0.263. The van der Waals surface area contributed by atoms with Crippen molar-refractivity contribution in [3.63, 3.8) is 0 Å². The second-order valence-corrected chi connectivity index (χ2v) is 8.89. The molecular formula is C19H21BrN2O6S. The molecule has 156 valence electrons. The number of anilines is 1. The summed E-state index contributed by atoms with van der Waals surface area (Å²) in [5.74, 6) is -1.66. The number of nitrogens with one attached hydrogen (secondary N) is 2. The van der Waals surface area contributed by atoms with Gasteiger partial charge < -0.3 is 15.2 Å². The number of sulfonamides is 1. The third-order valence-electron chi connectivity index (χ3n) is 4.02. The smallest absolute Gasteiger partial charge is 0.327 e. The Bertz CT molecular complexity index is 992. The average molecular weight is 485 g/mol. The Labute approximate surface area is 177 Å². The summed E-state index contributed by atoms with van der Waals surface area (Å²) >= 11 is 3.20.